The molecule has 3 nitrogen and oxygen atoms in total. The van der Waals surface area contributed by atoms with Crippen molar-refractivity contribution in [2.45, 2.75) is 0 Å². The highest BCUT2D eigenvalue weighted by Crippen LogP contribution is 2.20. The maximum absolute atomic E-state index is 12.0. The summed E-state index contributed by atoms with van der Waals surface area (Å²) in [6.07, 6.45) is 2.02. The van der Waals surface area contributed by atoms with Crippen molar-refractivity contribution < 1.29 is 4.79 Å². The zero-order valence-electron chi connectivity index (χ0n) is 9.37. The number of nitrogens with two attached hydrogens (primary N) is 1. The average Bonchev–Trinajstić information content (AvgIpc) is 2.28. The molecular formula is C11H15BrN2OS. The molecule has 0 saturated carbocycles. The number of benzene rings is 1. The standard InChI is InChI=1S/C11H15BrN2OS/c1-14(5-6-16-2)11(15)8-3-4-9(12)10(13)7-8/h3-4,7H,5-6,13H2,1-2H3. The fourth-order valence-electron chi connectivity index (χ4n) is 1.23. The van der Waals surface area contributed by atoms with Crippen LogP contribution in [-0.4, -0.2) is 36.4 Å². The molecule has 0 unspecified atom stereocenters. The van der Waals surface area contributed by atoms with Crippen molar-refractivity contribution in [3.63, 3.8) is 0 Å². The summed E-state index contributed by atoms with van der Waals surface area (Å²) < 4.78 is 0.816. The van der Waals surface area contributed by atoms with E-state index in [9.17, 15) is 4.79 Å². The van der Waals surface area contributed by atoms with Crippen LogP contribution < -0.4 is 5.73 Å². The predicted octanol–water partition coefficient (Wildman–Crippen LogP) is 2.47. The largest absolute Gasteiger partial charge is 0.398 e. The monoisotopic (exact) mass is 302 g/mol. The molecule has 1 amide bonds. The van der Waals surface area contributed by atoms with Crippen molar-refractivity contribution in [2.75, 3.05) is 31.3 Å². The lowest BCUT2D eigenvalue weighted by Gasteiger charge is -2.16. The van der Waals surface area contributed by atoms with Crippen LogP contribution in [0.15, 0.2) is 22.7 Å². The number of nitrogen functional groups attached to an aromatic ring is 1. The molecule has 1 aromatic rings. The molecule has 0 fully saturated rings. The molecule has 0 aliphatic carbocycles. The lowest BCUT2D eigenvalue weighted by molar-refractivity contribution is 0.0804. The molecule has 0 aliphatic heterocycles. The van der Waals surface area contributed by atoms with E-state index >= 15 is 0 Å². The molecule has 0 bridgehead atoms. The molecule has 1 rings (SSSR count). The van der Waals surface area contributed by atoms with E-state index in [-0.39, 0.29) is 5.91 Å². The third-order valence-corrected chi connectivity index (χ3v) is 3.53. The SMILES string of the molecule is CSCCN(C)C(=O)c1ccc(Br)c(N)c1. The zero-order chi connectivity index (χ0) is 12.1. The number of nitrogens with zero attached hydrogens (tertiary/aromatic N) is 1. The van der Waals surface area contributed by atoms with Crippen LogP contribution >= 0.6 is 27.7 Å². The topological polar surface area (TPSA) is 46.3 Å². The molecule has 2 N–H and O–H groups in total. The number of hydrogen-bond donors (Lipinski definition) is 1. The average molecular weight is 303 g/mol. The molecule has 0 heterocycles. The molecule has 0 spiro atoms. The van der Waals surface area contributed by atoms with E-state index in [1.54, 1.807) is 41.9 Å². The molecule has 0 saturated heterocycles. The lowest BCUT2D eigenvalue weighted by atomic mass is 10.2. The first kappa shape index (κ1) is 13.4. The van der Waals surface area contributed by atoms with Gasteiger partial charge in [-0.25, -0.2) is 0 Å². The Morgan fingerprint density at radius 3 is 2.81 bits per heavy atom. The Labute approximate surface area is 109 Å². The first-order chi connectivity index (χ1) is 7.56. The Bertz CT molecular complexity index is 384. The Morgan fingerprint density at radius 1 is 1.56 bits per heavy atom. The fraction of sp³-hybridized carbons (Fsp3) is 0.364. The Hall–Kier alpha value is -0.680. The van der Waals surface area contributed by atoms with Crippen LogP contribution in [0, 0.1) is 0 Å². The normalized spacial score (nSPS) is 10.2. The number of anilines is 1. The molecule has 0 atom stereocenters. The van der Waals surface area contributed by atoms with E-state index < -0.39 is 0 Å². The van der Waals surface area contributed by atoms with Gasteiger partial charge >= 0.3 is 0 Å². The van der Waals surface area contributed by atoms with Crippen LogP contribution in [0.5, 0.6) is 0 Å². The molecule has 16 heavy (non-hydrogen) atoms. The van der Waals surface area contributed by atoms with E-state index in [4.69, 9.17) is 5.73 Å². The van der Waals surface area contributed by atoms with Crippen LogP contribution in [0.2, 0.25) is 0 Å². The van der Waals surface area contributed by atoms with Gasteiger partial charge in [0.05, 0.1) is 0 Å². The van der Waals surface area contributed by atoms with Gasteiger partial charge in [0.15, 0.2) is 0 Å². The number of carbonyl (C=O) groups excluding carboxylic acids is 1. The van der Waals surface area contributed by atoms with E-state index in [1.165, 1.54) is 0 Å². The minimum atomic E-state index is 0.00764. The first-order valence-corrected chi connectivity index (χ1v) is 7.04. The Balaban J connectivity index is 2.76. The van der Waals surface area contributed by atoms with Gasteiger partial charge in [-0.3, -0.25) is 4.79 Å². The van der Waals surface area contributed by atoms with Crippen molar-refractivity contribution >= 4 is 39.3 Å². The summed E-state index contributed by atoms with van der Waals surface area (Å²) in [7, 11) is 1.80. The van der Waals surface area contributed by atoms with Gasteiger partial charge in [0.25, 0.3) is 5.91 Å². The second kappa shape index (κ2) is 6.15. The first-order valence-electron chi connectivity index (χ1n) is 4.85. The maximum Gasteiger partial charge on any atom is 0.253 e. The van der Waals surface area contributed by atoms with Crippen molar-refractivity contribution in [3.05, 3.63) is 28.2 Å². The van der Waals surface area contributed by atoms with Crippen molar-refractivity contribution in [1.29, 1.82) is 0 Å². The summed E-state index contributed by atoms with van der Waals surface area (Å²) in [4.78, 5) is 13.7. The molecule has 0 radical (unpaired) electrons. The van der Waals surface area contributed by atoms with Crippen LogP contribution in [0.3, 0.4) is 0 Å². The van der Waals surface area contributed by atoms with Gasteiger partial charge in [0, 0.05) is 35.1 Å². The van der Waals surface area contributed by atoms with Crippen molar-refractivity contribution in [1.82, 2.24) is 4.90 Å². The van der Waals surface area contributed by atoms with Gasteiger partial charge in [0.1, 0.15) is 0 Å². The molecule has 5 heteroatoms. The lowest BCUT2D eigenvalue weighted by Crippen LogP contribution is -2.28. The van der Waals surface area contributed by atoms with Crippen LogP contribution in [0.1, 0.15) is 10.4 Å². The van der Waals surface area contributed by atoms with Crippen LogP contribution in [0.4, 0.5) is 5.69 Å². The summed E-state index contributed by atoms with van der Waals surface area (Å²) in [6.45, 7) is 0.746. The quantitative estimate of drug-likeness (QED) is 0.869. The molecular weight excluding hydrogens is 288 g/mol. The highest BCUT2D eigenvalue weighted by molar-refractivity contribution is 9.10. The summed E-state index contributed by atoms with van der Waals surface area (Å²) in [6, 6.07) is 5.27. The third-order valence-electron chi connectivity index (χ3n) is 2.22. The summed E-state index contributed by atoms with van der Waals surface area (Å²) >= 11 is 5.03. The van der Waals surface area contributed by atoms with Crippen molar-refractivity contribution in [2.24, 2.45) is 0 Å². The number of carbonyl (C=O) groups is 1. The number of halogens is 1. The van der Waals surface area contributed by atoms with Gasteiger partial charge in [-0.05, 0) is 40.4 Å². The van der Waals surface area contributed by atoms with E-state index in [1.807, 2.05) is 6.26 Å². The van der Waals surface area contributed by atoms with Gasteiger partial charge in [0.2, 0.25) is 0 Å². The fourth-order valence-corrected chi connectivity index (χ4v) is 1.93. The van der Waals surface area contributed by atoms with Crippen molar-refractivity contribution in [3.8, 4) is 0 Å². The molecule has 1 aromatic carbocycles. The number of hydrogen-bond acceptors (Lipinski definition) is 3. The van der Waals surface area contributed by atoms with E-state index in [0.29, 0.717) is 11.3 Å². The highest BCUT2D eigenvalue weighted by atomic mass is 79.9. The number of rotatable bonds is 4. The maximum atomic E-state index is 12.0. The second-order valence-corrected chi connectivity index (χ2v) is 5.30. The second-order valence-electron chi connectivity index (χ2n) is 3.46. The van der Waals surface area contributed by atoms with Gasteiger partial charge < -0.3 is 10.6 Å². The molecule has 0 aliphatic rings. The molecule has 0 aromatic heterocycles. The Kier molecular flexibility index (Phi) is 5.15. The van der Waals surface area contributed by atoms with E-state index in [0.717, 1.165) is 16.8 Å². The number of amides is 1. The summed E-state index contributed by atoms with van der Waals surface area (Å²) in [5.74, 6) is 0.946. The Morgan fingerprint density at radius 2 is 2.25 bits per heavy atom. The van der Waals surface area contributed by atoms with Gasteiger partial charge in [-0.2, -0.15) is 11.8 Å². The smallest absolute Gasteiger partial charge is 0.253 e. The van der Waals surface area contributed by atoms with Gasteiger partial charge in [-0.1, -0.05) is 0 Å². The predicted molar refractivity (Wildman–Crippen MR) is 73.9 cm³/mol. The summed E-state index contributed by atoms with van der Waals surface area (Å²) in [5, 5.41) is 0. The highest BCUT2D eigenvalue weighted by Gasteiger charge is 2.11. The number of thioether (sulfide) groups is 1. The molecule has 88 valence electrons. The summed E-state index contributed by atoms with van der Waals surface area (Å²) in [5.41, 5.74) is 6.95. The minimum absolute atomic E-state index is 0.00764. The third kappa shape index (κ3) is 3.42. The minimum Gasteiger partial charge on any atom is -0.398 e. The van der Waals surface area contributed by atoms with E-state index in [2.05, 4.69) is 15.9 Å². The zero-order valence-corrected chi connectivity index (χ0v) is 11.8. The van der Waals surface area contributed by atoms with Crippen LogP contribution in [0.25, 0.3) is 0 Å². The van der Waals surface area contributed by atoms with Gasteiger partial charge in [-0.15, -0.1) is 0 Å². The van der Waals surface area contributed by atoms with Crippen LogP contribution in [-0.2, 0) is 0 Å².